The lowest BCUT2D eigenvalue weighted by Crippen LogP contribution is -2.45. The van der Waals surface area contributed by atoms with Crippen LogP contribution >= 0.6 is 0 Å². The molecule has 0 aliphatic carbocycles. The third-order valence-electron chi connectivity index (χ3n) is 3.54. The minimum absolute atomic E-state index is 0.0922. The molecule has 2 rings (SSSR count). The molecule has 126 valence electrons. The summed E-state index contributed by atoms with van der Waals surface area (Å²) in [7, 11) is 0. The maximum atomic E-state index is 11.9. The molecule has 0 saturated carbocycles. The van der Waals surface area contributed by atoms with Crippen LogP contribution in [0.3, 0.4) is 0 Å². The van der Waals surface area contributed by atoms with Gasteiger partial charge in [-0.1, -0.05) is 12.1 Å². The Kier molecular flexibility index (Phi) is 5.81. The fourth-order valence-electron chi connectivity index (χ4n) is 2.68. The van der Waals surface area contributed by atoms with Crippen LogP contribution in [-0.2, 0) is 9.53 Å². The summed E-state index contributed by atoms with van der Waals surface area (Å²) in [5, 5.41) is 13.9. The predicted octanol–water partition coefficient (Wildman–Crippen LogP) is 1.90. The zero-order valence-corrected chi connectivity index (χ0v) is 13.4. The second kappa shape index (κ2) is 7.82. The Bertz CT molecular complexity index is 554. The first-order valence-corrected chi connectivity index (χ1v) is 7.71. The van der Waals surface area contributed by atoms with Gasteiger partial charge in [0.2, 0.25) is 0 Å². The molecule has 7 heteroatoms. The number of anilines is 2. The van der Waals surface area contributed by atoms with E-state index in [-0.39, 0.29) is 25.2 Å². The number of morpholine rings is 1. The number of carbonyl (C=O) groups excluding carboxylic acids is 1. The Morgan fingerprint density at radius 1 is 1.26 bits per heavy atom. The normalized spacial score (nSPS) is 20.9. The molecule has 1 aromatic carbocycles. The van der Waals surface area contributed by atoms with Crippen LogP contribution in [0.5, 0.6) is 0 Å². The summed E-state index contributed by atoms with van der Waals surface area (Å²) >= 11 is 0. The maximum absolute atomic E-state index is 11.9. The van der Waals surface area contributed by atoms with E-state index in [0.717, 1.165) is 18.8 Å². The molecule has 0 bridgehead atoms. The average Bonchev–Trinajstić information content (AvgIpc) is 2.46. The summed E-state index contributed by atoms with van der Waals surface area (Å²) in [5.41, 5.74) is 1.63. The number of hydrogen-bond acceptors (Lipinski definition) is 4. The monoisotopic (exact) mass is 321 g/mol. The molecular weight excluding hydrogens is 298 g/mol. The summed E-state index contributed by atoms with van der Waals surface area (Å²) in [6.45, 7) is 5.65. The highest BCUT2D eigenvalue weighted by molar-refractivity contribution is 5.93. The number of carboxylic acid groups (broad SMARTS) is 1. The Hall–Kier alpha value is -2.28. The number of para-hydroxylation sites is 2. The summed E-state index contributed by atoms with van der Waals surface area (Å²) in [6.07, 6.45) is 0.139. The van der Waals surface area contributed by atoms with Crippen LogP contribution < -0.4 is 15.5 Å². The molecule has 3 N–H and O–H groups in total. The first-order chi connectivity index (χ1) is 11.0. The smallest absolute Gasteiger partial charge is 0.319 e. The minimum Gasteiger partial charge on any atom is -0.481 e. The van der Waals surface area contributed by atoms with E-state index < -0.39 is 12.0 Å². The fraction of sp³-hybridized carbons (Fsp3) is 0.500. The second-order valence-corrected chi connectivity index (χ2v) is 5.70. The van der Waals surface area contributed by atoms with E-state index in [1.54, 1.807) is 0 Å². The number of urea groups is 1. The van der Waals surface area contributed by atoms with Gasteiger partial charge in [-0.3, -0.25) is 4.79 Å². The van der Waals surface area contributed by atoms with Crippen LogP contribution in [0.2, 0.25) is 0 Å². The number of amides is 2. The molecule has 23 heavy (non-hydrogen) atoms. The van der Waals surface area contributed by atoms with E-state index in [2.05, 4.69) is 15.5 Å². The maximum Gasteiger partial charge on any atom is 0.319 e. The number of benzene rings is 1. The van der Waals surface area contributed by atoms with Crippen LogP contribution in [-0.4, -0.2) is 48.9 Å². The van der Waals surface area contributed by atoms with E-state index in [1.807, 2.05) is 38.1 Å². The Morgan fingerprint density at radius 2 is 1.91 bits per heavy atom. The Morgan fingerprint density at radius 3 is 2.57 bits per heavy atom. The summed E-state index contributed by atoms with van der Waals surface area (Å²) in [4.78, 5) is 24.6. The summed E-state index contributed by atoms with van der Waals surface area (Å²) in [6, 6.07) is 7.15. The van der Waals surface area contributed by atoms with Crippen molar-refractivity contribution >= 4 is 23.4 Å². The van der Waals surface area contributed by atoms with Crippen molar-refractivity contribution in [3.63, 3.8) is 0 Å². The van der Waals surface area contributed by atoms with Crippen LogP contribution in [0.25, 0.3) is 0 Å². The van der Waals surface area contributed by atoms with Gasteiger partial charge in [0.05, 0.1) is 30.0 Å². The van der Waals surface area contributed by atoms with Crippen molar-refractivity contribution < 1.29 is 19.4 Å². The zero-order valence-electron chi connectivity index (χ0n) is 13.4. The molecule has 0 aromatic heterocycles. The Balaban J connectivity index is 2.02. The number of ether oxygens (including phenoxy) is 1. The van der Waals surface area contributed by atoms with E-state index in [9.17, 15) is 9.59 Å². The predicted molar refractivity (Wildman–Crippen MR) is 87.9 cm³/mol. The molecule has 1 aromatic rings. The largest absolute Gasteiger partial charge is 0.481 e. The van der Waals surface area contributed by atoms with E-state index in [1.165, 1.54) is 0 Å². The second-order valence-electron chi connectivity index (χ2n) is 5.70. The molecule has 2 unspecified atom stereocenters. The molecule has 1 heterocycles. The van der Waals surface area contributed by atoms with E-state index >= 15 is 0 Å². The van der Waals surface area contributed by atoms with Gasteiger partial charge in [0.15, 0.2) is 0 Å². The van der Waals surface area contributed by atoms with Crippen molar-refractivity contribution in [1.82, 2.24) is 5.32 Å². The first kappa shape index (κ1) is 17.1. The van der Waals surface area contributed by atoms with Crippen LogP contribution in [0, 0.1) is 0 Å². The number of carbonyl (C=O) groups is 2. The third kappa shape index (κ3) is 5.14. The number of aliphatic carboxylic acids is 1. The van der Waals surface area contributed by atoms with Gasteiger partial charge >= 0.3 is 12.0 Å². The van der Waals surface area contributed by atoms with Crippen molar-refractivity contribution in [3.05, 3.63) is 24.3 Å². The number of nitrogens with zero attached hydrogens (tertiary/aromatic N) is 1. The molecule has 1 saturated heterocycles. The molecule has 1 aliphatic heterocycles. The highest BCUT2D eigenvalue weighted by Crippen LogP contribution is 2.28. The first-order valence-electron chi connectivity index (χ1n) is 7.71. The number of carboxylic acids is 1. The number of hydrogen-bond donors (Lipinski definition) is 3. The molecule has 7 nitrogen and oxygen atoms in total. The van der Waals surface area contributed by atoms with Gasteiger partial charge in [0.25, 0.3) is 0 Å². The summed E-state index contributed by atoms with van der Waals surface area (Å²) in [5.74, 6) is -0.943. The average molecular weight is 321 g/mol. The molecule has 1 aliphatic rings. The molecular formula is C16H23N3O4. The molecule has 0 spiro atoms. The standard InChI is InChI=1S/C16H23N3O4/c1-11-9-19(10-12(2)23-11)14-6-4-3-5-13(14)18-16(22)17-8-7-15(20)21/h3-6,11-12H,7-10H2,1-2H3,(H,20,21)(H2,17,18,22). The topological polar surface area (TPSA) is 90.9 Å². The van der Waals surface area contributed by atoms with Gasteiger partial charge in [-0.2, -0.15) is 0 Å². The SMILES string of the molecule is CC1CN(c2ccccc2NC(=O)NCCC(=O)O)CC(C)O1. The van der Waals surface area contributed by atoms with Gasteiger partial charge < -0.3 is 25.4 Å². The van der Waals surface area contributed by atoms with Gasteiger partial charge in [-0.25, -0.2) is 4.79 Å². The molecule has 2 amide bonds. The van der Waals surface area contributed by atoms with Crippen molar-refractivity contribution in [1.29, 1.82) is 0 Å². The molecule has 1 fully saturated rings. The van der Waals surface area contributed by atoms with Crippen LogP contribution in [0.1, 0.15) is 20.3 Å². The highest BCUT2D eigenvalue weighted by atomic mass is 16.5. The zero-order chi connectivity index (χ0) is 16.8. The van der Waals surface area contributed by atoms with Crippen LogP contribution in [0.4, 0.5) is 16.2 Å². The minimum atomic E-state index is -0.943. The highest BCUT2D eigenvalue weighted by Gasteiger charge is 2.24. The summed E-state index contributed by atoms with van der Waals surface area (Å²) < 4.78 is 5.74. The van der Waals surface area contributed by atoms with Crippen molar-refractivity contribution in [2.45, 2.75) is 32.5 Å². The quantitative estimate of drug-likeness (QED) is 0.770. The Labute approximate surface area is 135 Å². The van der Waals surface area contributed by atoms with Crippen molar-refractivity contribution in [3.8, 4) is 0 Å². The molecule has 0 radical (unpaired) electrons. The lowest BCUT2D eigenvalue weighted by molar-refractivity contribution is -0.136. The van der Waals surface area contributed by atoms with Crippen molar-refractivity contribution in [2.24, 2.45) is 0 Å². The van der Waals surface area contributed by atoms with Gasteiger partial charge in [-0.05, 0) is 26.0 Å². The number of nitrogens with one attached hydrogen (secondary N) is 2. The van der Waals surface area contributed by atoms with Crippen LogP contribution in [0.15, 0.2) is 24.3 Å². The fourth-order valence-corrected chi connectivity index (χ4v) is 2.68. The third-order valence-corrected chi connectivity index (χ3v) is 3.54. The molecule has 2 atom stereocenters. The van der Waals surface area contributed by atoms with Crippen molar-refractivity contribution in [2.75, 3.05) is 29.9 Å². The van der Waals surface area contributed by atoms with Gasteiger partial charge in [-0.15, -0.1) is 0 Å². The van der Waals surface area contributed by atoms with E-state index in [4.69, 9.17) is 9.84 Å². The number of rotatable bonds is 5. The lowest BCUT2D eigenvalue weighted by atomic mass is 10.1. The van der Waals surface area contributed by atoms with E-state index in [0.29, 0.717) is 5.69 Å². The lowest BCUT2D eigenvalue weighted by Gasteiger charge is -2.37. The van der Waals surface area contributed by atoms with Gasteiger partial charge in [0.1, 0.15) is 0 Å². The van der Waals surface area contributed by atoms with Gasteiger partial charge in [0, 0.05) is 19.6 Å².